The minimum Gasteiger partial charge on any atom is -0.481 e. The number of carboxylic acids is 1. The summed E-state index contributed by atoms with van der Waals surface area (Å²) >= 11 is 0. The van der Waals surface area contributed by atoms with Crippen LogP contribution in [0.1, 0.15) is 36.8 Å². The van der Waals surface area contributed by atoms with E-state index in [0.717, 1.165) is 5.01 Å². The molecule has 0 saturated carbocycles. The molecule has 0 aromatic heterocycles. The molecule has 1 unspecified atom stereocenters. The van der Waals surface area contributed by atoms with E-state index in [0.29, 0.717) is 24.8 Å². The second kappa shape index (κ2) is 9.16. The summed E-state index contributed by atoms with van der Waals surface area (Å²) in [6.07, 6.45) is 0.314. The van der Waals surface area contributed by atoms with E-state index in [4.69, 9.17) is 16.1 Å². The number of nitrogens with two attached hydrogens (primary N) is 1. The van der Waals surface area contributed by atoms with E-state index in [-0.39, 0.29) is 24.2 Å². The Morgan fingerprint density at radius 1 is 1.39 bits per heavy atom. The van der Waals surface area contributed by atoms with Crippen LogP contribution in [0.25, 0.3) is 0 Å². The number of hydrogen-bond donors (Lipinski definition) is 4. The van der Waals surface area contributed by atoms with Gasteiger partial charge in [-0.1, -0.05) is 6.07 Å². The molecular formula is C14H21N3O6. The lowest BCUT2D eigenvalue weighted by Crippen LogP contribution is -2.40. The van der Waals surface area contributed by atoms with Gasteiger partial charge in [-0.3, -0.25) is 20.8 Å². The second-order valence-corrected chi connectivity index (χ2v) is 5.17. The van der Waals surface area contributed by atoms with Crippen molar-refractivity contribution in [3.05, 3.63) is 39.4 Å². The Hall–Kier alpha value is -2.07. The molecule has 0 radical (unpaired) electrons. The van der Waals surface area contributed by atoms with Crippen molar-refractivity contribution in [2.75, 3.05) is 0 Å². The average molecular weight is 327 g/mol. The molecule has 1 rings (SSSR count). The summed E-state index contributed by atoms with van der Waals surface area (Å²) in [5.41, 5.74) is 0.534. The third-order valence-corrected chi connectivity index (χ3v) is 3.37. The molecule has 0 heterocycles. The fraction of sp³-hybridized carbons (Fsp3) is 0.500. The minimum atomic E-state index is -0.972. The highest BCUT2D eigenvalue weighted by atomic mass is 16.6. The van der Waals surface area contributed by atoms with E-state index >= 15 is 0 Å². The lowest BCUT2D eigenvalue weighted by molar-refractivity contribution is -0.385. The van der Waals surface area contributed by atoms with Gasteiger partial charge in [-0.2, -0.15) is 0 Å². The van der Waals surface area contributed by atoms with Crippen LogP contribution in [-0.2, 0) is 17.9 Å². The molecule has 0 spiro atoms. The molecular weight excluding hydrogens is 306 g/mol. The molecule has 0 amide bonds. The Morgan fingerprint density at radius 2 is 2.09 bits per heavy atom. The summed E-state index contributed by atoms with van der Waals surface area (Å²) in [5.74, 6) is 4.85. The van der Waals surface area contributed by atoms with E-state index in [1.165, 1.54) is 12.1 Å². The number of nitro groups is 1. The first-order chi connectivity index (χ1) is 10.8. The smallest absolute Gasteiger partial charge is 0.303 e. The van der Waals surface area contributed by atoms with Crippen molar-refractivity contribution in [3.8, 4) is 0 Å². The van der Waals surface area contributed by atoms with E-state index in [2.05, 4.69) is 0 Å². The fourth-order valence-corrected chi connectivity index (χ4v) is 2.10. The zero-order valence-corrected chi connectivity index (χ0v) is 12.6. The number of hydrazine groups is 1. The Balaban J connectivity index is 2.59. The lowest BCUT2D eigenvalue weighted by atomic mass is 10.1. The van der Waals surface area contributed by atoms with Crippen LogP contribution in [0.4, 0.5) is 5.69 Å². The van der Waals surface area contributed by atoms with Gasteiger partial charge in [0.05, 0.1) is 17.1 Å². The van der Waals surface area contributed by atoms with Gasteiger partial charge in [-0.05, 0) is 30.9 Å². The summed E-state index contributed by atoms with van der Waals surface area (Å²) in [6, 6.07) is 4.35. The Morgan fingerprint density at radius 3 is 2.65 bits per heavy atom. The van der Waals surface area contributed by atoms with Gasteiger partial charge >= 0.3 is 5.97 Å². The Bertz CT molecular complexity index is 551. The number of rotatable bonds is 10. The zero-order chi connectivity index (χ0) is 17.4. The monoisotopic (exact) mass is 327 g/mol. The molecule has 128 valence electrons. The molecule has 1 aromatic carbocycles. The molecule has 0 fully saturated rings. The van der Waals surface area contributed by atoms with Crippen LogP contribution in [0.5, 0.6) is 0 Å². The third kappa shape index (κ3) is 6.28. The molecule has 0 aliphatic carbocycles. The summed E-state index contributed by atoms with van der Waals surface area (Å²) < 4.78 is 0. The summed E-state index contributed by atoms with van der Waals surface area (Å²) in [6.45, 7) is -0.345. The first-order valence-corrected chi connectivity index (χ1v) is 7.13. The molecule has 1 aromatic rings. The molecule has 1 atom stereocenters. The van der Waals surface area contributed by atoms with Crippen molar-refractivity contribution < 1.29 is 25.0 Å². The molecule has 0 aliphatic heterocycles. The molecule has 0 aliphatic rings. The highest BCUT2D eigenvalue weighted by Crippen LogP contribution is 2.21. The number of carbonyl (C=O) groups is 1. The summed E-state index contributed by atoms with van der Waals surface area (Å²) in [5, 5.41) is 39.6. The van der Waals surface area contributed by atoms with Gasteiger partial charge in [0.2, 0.25) is 0 Å². The van der Waals surface area contributed by atoms with Crippen LogP contribution < -0.4 is 5.84 Å². The van der Waals surface area contributed by atoms with Crippen LogP contribution >= 0.6 is 0 Å². The van der Waals surface area contributed by atoms with Gasteiger partial charge < -0.3 is 15.3 Å². The number of nitrogens with zero attached hydrogens (tertiary/aromatic N) is 2. The van der Waals surface area contributed by atoms with Crippen LogP contribution in [0.3, 0.4) is 0 Å². The number of unbranched alkanes of at least 4 members (excludes halogenated alkanes) is 1. The third-order valence-electron chi connectivity index (χ3n) is 3.37. The van der Waals surface area contributed by atoms with Crippen molar-refractivity contribution in [3.63, 3.8) is 0 Å². The van der Waals surface area contributed by atoms with E-state index in [9.17, 15) is 20.0 Å². The maximum Gasteiger partial charge on any atom is 0.303 e. The Labute approximate surface area is 133 Å². The summed E-state index contributed by atoms with van der Waals surface area (Å²) in [4.78, 5) is 20.7. The number of benzene rings is 1. The molecule has 23 heavy (non-hydrogen) atoms. The SMILES string of the molecule is NN(Cc1ccc(CO)c([N+](=O)[O-])c1)C(O)CCCCC(=O)O. The zero-order valence-electron chi connectivity index (χ0n) is 12.6. The van der Waals surface area contributed by atoms with E-state index in [1.54, 1.807) is 6.07 Å². The predicted octanol–water partition coefficient (Wildman–Crippen LogP) is 0.726. The van der Waals surface area contributed by atoms with Crippen molar-refractivity contribution in [2.45, 2.75) is 45.1 Å². The van der Waals surface area contributed by atoms with Gasteiger partial charge in [-0.25, -0.2) is 5.01 Å². The highest BCUT2D eigenvalue weighted by Gasteiger charge is 2.17. The maximum atomic E-state index is 10.9. The first-order valence-electron chi connectivity index (χ1n) is 7.13. The van der Waals surface area contributed by atoms with Crippen LogP contribution in [0, 0.1) is 10.1 Å². The van der Waals surface area contributed by atoms with Crippen molar-refractivity contribution >= 4 is 11.7 Å². The highest BCUT2D eigenvalue weighted by molar-refractivity contribution is 5.66. The second-order valence-electron chi connectivity index (χ2n) is 5.17. The minimum absolute atomic E-state index is 0.0338. The van der Waals surface area contributed by atoms with Gasteiger partial charge in [0.15, 0.2) is 0 Å². The van der Waals surface area contributed by atoms with Crippen molar-refractivity contribution in [1.29, 1.82) is 0 Å². The quantitative estimate of drug-likeness (QED) is 0.161. The van der Waals surface area contributed by atoms with Crippen molar-refractivity contribution in [2.24, 2.45) is 5.84 Å². The number of hydrogen-bond acceptors (Lipinski definition) is 7. The van der Waals surface area contributed by atoms with Gasteiger partial charge in [0.1, 0.15) is 6.23 Å². The van der Waals surface area contributed by atoms with Crippen LogP contribution in [0.15, 0.2) is 18.2 Å². The van der Waals surface area contributed by atoms with Gasteiger partial charge in [0, 0.05) is 19.0 Å². The van der Waals surface area contributed by atoms with Gasteiger partial charge in [-0.15, -0.1) is 0 Å². The van der Waals surface area contributed by atoms with Crippen molar-refractivity contribution in [1.82, 2.24) is 5.01 Å². The average Bonchev–Trinajstić information content (AvgIpc) is 2.50. The maximum absolute atomic E-state index is 10.9. The van der Waals surface area contributed by atoms with Gasteiger partial charge in [0.25, 0.3) is 5.69 Å². The lowest BCUT2D eigenvalue weighted by Gasteiger charge is -2.23. The largest absolute Gasteiger partial charge is 0.481 e. The summed E-state index contributed by atoms with van der Waals surface area (Å²) in [7, 11) is 0. The predicted molar refractivity (Wildman–Crippen MR) is 80.9 cm³/mol. The standard InChI is InChI=1S/C14H21N3O6/c15-16(13(19)3-1-2-4-14(20)21)8-10-5-6-11(9-18)12(7-10)17(22)23/h5-7,13,18-19H,1-4,8-9,15H2,(H,20,21). The van der Waals surface area contributed by atoms with E-state index in [1.807, 2.05) is 0 Å². The number of nitro benzene ring substituents is 1. The first kappa shape index (κ1) is 19.0. The van der Waals surface area contributed by atoms with Crippen LogP contribution in [-0.4, -0.2) is 37.4 Å². The molecule has 0 bridgehead atoms. The van der Waals surface area contributed by atoms with Crippen LogP contribution in [0.2, 0.25) is 0 Å². The topological polar surface area (TPSA) is 150 Å². The molecule has 9 heteroatoms. The Kier molecular flexibility index (Phi) is 7.55. The number of aliphatic carboxylic acids is 1. The molecule has 0 saturated heterocycles. The molecule has 9 nitrogen and oxygen atoms in total. The number of aliphatic hydroxyl groups excluding tert-OH is 2. The molecule has 5 N–H and O–H groups in total. The van der Waals surface area contributed by atoms with E-state index < -0.39 is 23.7 Å². The fourth-order valence-electron chi connectivity index (χ4n) is 2.10. The number of carboxylic acid groups (broad SMARTS) is 1. The normalized spacial score (nSPS) is 12.3. The number of aliphatic hydroxyl groups is 2.